The van der Waals surface area contributed by atoms with Crippen molar-refractivity contribution in [1.29, 1.82) is 0 Å². The average molecular weight is 224 g/mol. The molecule has 1 aliphatic carbocycles. The lowest BCUT2D eigenvalue weighted by Crippen LogP contribution is -2.24. The molecule has 88 valence electrons. The van der Waals surface area contributed by atoms with E-state index in [4.69, 9.17) is 5.73 Å². The van der Waals surface area contributed by atoms with Crippen molar-refractivity contribution >= 4 is 11.8 Å². The second-order valence-electron chi connectivity index (χ2n) is 4.80. The maximum absolute atomic E-state index is 13.3. The average Bonchev–Trinajstić information content (AvgIpc) is 2.67. The molecule has 5 heteroatoms. The Morgan fingerprint density at radius 2 is 2.19 bits per heavy atom. The molecule has 0 unspecified atom stereocenters. The van der Waals surface area contributed by atoms with Gasteiger partial charge in [-0.05, 0) is 18.3 Å². The first-order chi connectivity index (χ1) is 7.59. The van der Waals surface area contributed by atoms with Crippen molar-refractivity contribution in [1.82, 2.24) is 9.97 Å². The topological polar surface area (TPSA) is 63.8 Å². The summed E-state index contributed by atoms with van der Waals surface area (Å²) in [4.78, 5) is 7.43. The number of nitrogens with one attached hydrogen (secondary N) is 1. The summed E-state index contributed by atoms with van der Waals surface area (Å²) in [5.74, 6) is -0.142. The summed E-state index contributed by atoms with van der Waals surface area (Å²) >= 11 is 0. The van der Waals surface area contributed by atoms with Crippen LogP contribution in [0, 0.1) is 11.2 Å². The number of nitrogen functional groups attached to an aromatic ring is 1. The van der Waals surface area contributed by atoms with Crippen molar-refractivity contribution in [2.24, 2.45) is 5.41 Å². The van der Waals surface area contributed by atoms with Gasteiger partial charge < -0.3 is 11.1 Å². The van der Waals surface area contributed by atoms with E-state index in [2.05, 4.69) is 22.2 Å². The predicted molar refractivity (Wildman–Crippen MR) is 61.5 cm³/mol. The summed E-state index contributed by atoms with van der Waals surface area (Å²) in [6.45, 7) is 2.95. The quantitative estimate of drug-likeness (QED) is 0.826. The maximum atomic E-state index is 13.3. The maximum Gasteiger partial charge on any atom is 0.222 e. The van der Waals surface area contributed by atoms with Gasteiger partial charge in [0.05, 0.1) is 6.20 Å². The van der Waals surface area contributed by atoms with Crippen LogP contribution in [0.25, 0.3) is 0 Å². The number of nitrogens with zero attached hydrogens (tertiary/aromatic N) is 2. The summed E-state index contributed by atoms with van der Waals surface area (Å²) in [7, 11) is 0. The van der Waals surface area contributed by atoms with Gasteiger partial charge in [0.1, 0.15) is 0 Å². The molecule has 0 atom stereocenters. The monoisotopic (exact) mass is 224 g/mol. The molecule has 1 aromatic rings. The molecule has 1 aliphatic rings. The van der Waals surface area contributed by atoms with Crippen LogP contribution < -0.4 is 11.1 Å². The van der Waals surface area contributed by atoms with Crippen molar-refractivity contribution in [2.75, 3.05) is 17.6 Å². The van der Waals surface area contributed by atoms with Gasteiger partial charge in [-0.2, -0.15) is 4.98 Å². The molecule has 16 heavy (non-hydrogen) atoms. The summed E-state index contributed by atoms with van der Waals surface area (Å²) < 4.78 is 13.3. The van der Waals surface area contributed by atoms with Crippen LogP contribution in [-0.2, 0) is 0 Å². The molecule has 0 bridgehead atoms. The van der Waals surface area contributed by atoms with Crippen molar-refractivity contribution in [3.8, 4) is 0 Å². The number of aromatic nitrogens is 2. The minimum atomic E-state index is -0.448. The molecular formula is C11H17FN4. The second kappa shape index (κ2) is 4.23. The summed E-state index contributed by atoms with van der Waals surface area (Å²) in [5.41, 5.74) is 5.67. The number of hydrogen-bond acceptors (Lipinski definition) is 4. The Balaban J connectivity index is 2.01. The Bertz CT molecular complexity index is 374. The van der Waals surface area contributed by atoms with E-state index < -0.39 is 5.82 Å². The highest BCUT2D eigenvalue weighted by Gasteiger charge is 2.28. The van der Waals surface area contributed by atoms with Gasteiger partial charge in [0.15, 0.2) is 11.6 Å². The first kappa shape index (κ1) is 11.1. The fourth-order valence-electron chi connectivity index (χ4n) is 2.21. The summed E-state index contributed by atoms with van der Waals surface area (Å²) in [6.07, 6.45) is 5.98. The van der Waals surface area contributed by atoms with Crippen molar-refractivity contribution < 1.29 is 4.39 Å². The van der Waals surface area contributed by atoms with Crippen LogP contribution in [0.4, 0.5) is 16.2 Å². The number of anilines is 2. The van der Waals surface area contributed by atoms with Gasteiger partial charge in [0.2, 0.25) is 5.95 Å². The second-order valence-corrected chi connectivity index (χ2v) is 4.80. The Hall–Kier alpha value is -1.39. The molecular weight excluding hydrogens is 207 g/mol. The third kappa shape index (κ3) is 2.40. The van der Waals surface area contributed by atoms with Crippen molar-refractivity contribution in [3.63, 3.8) is 0 Å². The minimum Gasteiger partial charge on any atom is -0.368 e. The fourth-order valence-corrected chi connectivity index (χ4v) is 2.21. The summed E-state index contributed by atoms with van der Waals surface area (Å²) in [5, 5.41) is 3.03. The molecule has 0 radical (unpaired) electrons. The molecule has 0 aliphatic heterocycles. The largest absolute Gasteiger partial charge is 0.368 e. The fraction of sp³-hybridized carbons (Fsp3) is 0.636. The molecule has 0 spiro atoms. The first-order valence-corrected chi connectivity index (χ1v) is 5.61. The Labute approximate surface area is 94.5 Å². The zero-order valence-electron chi connectivity index (χ0n) is 9.46. The van der Waals surface area contributed by atoms with E-state index in [1.807, 2.05) is 0 Å². The van der Waals surface area contributed by atoms with Gasteiger partial charge in [0.25, 0.3) is 0 Å². The van der Waals surface area contributed by atoms with Gasteiger partial charge in [0, 0.05) is 6.54 Å². The number of nitrogens with two attached hydrogens (primary N) is 1. The zero-order valence-corrected chi connectivity index (χ0v) is 9.46. The van der Waals surface area contributed by atoms with E-state index in [9.17, 15) is 4.39 Å². The smallest absolute Gasteiger partial charge is 0.222 e. The van der Waals surface area contributed by atoms with Gasteiger partial charge in [-0.15, -0.1) is 0 Å². The molecule has 1 heterocycles. The van der Waals surface area contributed by atoms with Crippen molar-refractivity contribution in [2.45, 2.75) is 32.6 Å². The molecule has 0 amide bonds. The van der Waals surface area contributed by atoms with Gasteiger partial charge in [-0.1, -0.05) is 19.8 Å². The third-order valence-electron chi connectivity index (χ3n) is 3.26. The minimum absolute atomic E-state index is 0.0977. The highest BCUT2D eigenvalue weighted by molar-refractivity contribution is 5.39. The van der Waals surface area contributed by atoms with E-state index in [1.165, 1.54) is 25.7 Å². The van der Waals surface area contributed by atoms with Crippen LogP contribution in [0.3, 0.4) is 0 Å². The van der Waals surface area contributed by atoms with Gasteiger partial charge in [-0.25, -0.2) is 9.37 Å². The normalized spacial score (nSPS) is 18.6. The van der Waals surface area contributed by atoms with Gasteiger partial charge >= 0.3 is 0 Å². The molecule has 1 saturated carbocycles. The van der Waals surface area contributed by atoms with Crippen LogP contribution in [0.5, 0.6) is 0 Å². The predicted octanol–water partition coefficient (Wildman–Crippen LogP) is 2.19. The third-order valence-corrected chi connectivity index (χ3v) is 3.26. The Kier molecular flexibility index (Phi) is 2.94. The molecule has 4 nitrogen and oxygen atoms in total. The molecule has 0 saturated heterocycles. The van der Waals surface area contributed by atoms with E-state index >= 15 is 0 Å². The van der Waals surface area contributed by atoms with E-state index in [-0.39, 0.29) is 17.2 Å². The lowest BCUT2D eigenvalue weighted by atomic mass is 9.89. The van der Waals surface area contributed by atoms with Crippen LogP contribution in [-0.4, -0.2) is 16.5 Å². The first-order valence-electron chi connectivity index (χ1n) is 5.61. The van der Waals surface area contributed by atoms with Crippen LogP contribution >= 0.6 is 0 Å². The Morgan fingerprint density at radius 1 is 1.50 bits per heavy atom. The number of halogens is 1. The molecule has 1 aromatic heterocycles. The lowest BCUT2D eigenvalue weighted by Gasteiger charge is -2.24. The summed E-state index contributed by atoms with van der Waals surface area (Å²) in [6, 6.07) is 0. The van der Waals surface area contributed by atoms with Crippen LogP contribution in [0.15, 0.2) is 6.20 Å². The van der Waals surface area contributed by atoms with Crippen LogP contribution in [0.1, 0.15) is 32.6 Å². The van der Waals surface area contributed by atoms with Gasteiger partial charge in [-0.3, -0.25) is 0 Å². The molecule has 0 aromatic carbocycles. The molecule has 3 N–H and O–H groups in total. The number of rotatable bonds is 3. The SMILES string of the molecule is CC1(CNc2nc(N)ncc2F)CCCC1. The van der Waals surface area contributed by atoms with Crippen molar-refractivity contribution in [3.05, 3.63) is 12.0 Å². The van der Waals surface area contributed by atoms with Crippen LogP contribution in [0.2, 0.25) is 0 Å². The highest BCUT2D eigenvalue weighted by atomic mass is 19.1. The van der Waals surface area contributed by atoms with E-state index in [1.54, 1.807) is 0 Å². The van der Waals surface area contributed by atoms with E-state index in [0.717, 1.165) is 12.7 Å². The number of hydrogen-bond donors (Lipinski definition) is 2. The lowest BCUT2D eigenvalue weighted by molar-refractivity contribution is 0.361. The zero-order chi connectivity index (χ0) is 11.6. The standard InChI is InChI=1S/C11H17FN4/c1-11(4-2-3-5-11)7-15-9-8(12)6-14-10(13)16-9/h6H,2-5,7H2,1H3,(H3,13,14,15,16). The Morgan fingerprint density at radius 3 is 2.88 bits per heavy atom. The molecule has 2 rings (SSSR count). The molecule has 1 fully saturated rings. The highest BCUT2D eigenvalue weighted by Crippen LogP contribution is 2.37. The van der Waals surface area contributed by atoms with E-state index in [0.29, 0.717) is 0 Å².